The highest BCUT2D eigenvalue weighted by Crippen LogP contribution is 1.99. The molecule has 0 aliphatic heterocycles. The standard InChI is InChI=1S/C15H35N5O2S.HI/c1-6-20(7-2)13-8-10-14(3)19-15(16-4)17-11-9-12-18-23(5,21)22;/h14,18H,6-13H2,1-5H3,(H2,16,17,19);1H. The lowest BCUT2D eigenvalue weighted by Gasteiger charge is -2.21. The Morgan fingerprint density at radius 1 is 1.17 bits per heavy atom. The number of halogens is 1. The minimum Gasteiger partial charge on any atom is -0.356 e. The third-order valence-corrected chi connectivity index (χ3v) is 4.35. The van der Waals surface area contributed by atoms with Gasteiger partial charge in [-0.05, 0) is 45.8 Å². The van der Waals surface area contributed by atoms with Gasteiger partial charge in [0.05, 0.1) is 6.26 Å². The van der Waals surface area contributed by atoms with Crippen molar-refractivity contribution in [3.63, 3.8) is 0 Å². The molecular formula is C15H36IN5O2S. The van der Waals surface area contributed by atoms with Crippen molar-refractivity contribution in [2.75, 3.05) is 46.0 Å². The molecule has 0 rings (SSSR count). The summed E-state index contributed by atoms with van der Waals surface area (Å²) in [7, 11) is -1.36. The smallest absolute Gasteiger partial charge is 0.208 e. The van der Waals surface area contributed by atoms with Gasteiger partial charge in [0.1, 0.15) is 0 Å². The zero-order valence-electron chi connectivity index (χ0n) is 15.8. The number of aliphatic imine (C=N–C) groups is 1. The van der Waals surface area contributed by atoms with E-state index in [1.165, 1.54) is 6.26 Å². The van der Waals surface area contributed by atoms with E-state index in [4.69, 9.17) is 0 Å². The van der Waals surface area contributed by atoms with E-state index in [1.807, 2.05) is 0 Å². The average molecular weight is 477 g/mol. The third-order valence-electron chi connectivity index (χ3n) is 3.62. The maximum atomic E-state index is 11.0. The molecule has 1 unspecified atom stereocenters. The number of nitrogens with one attached hydrogen (secondary N) is 3. The molecule has 0 bridgehead atoms. The molecule has 0 saturated carbocycles. The number of hydrogen-bond donors (Lipinski definition) is 3. The second-order valence-corrected chi connectivity index (χ2v) is 7.57. The van der Waals surface area contributed by atoms with Gasteiger partial charge in [0.2, 0.25) is 10.0 Å². The van der Waals surface area contributed by atoms with Gasteiger partial charge in [-0.25, -0.2) is 13.1 Å². The fourth-order valence-electron chi connectivity index (χ4n) is 2.21. The third kappa shape index (κ3) is 15.4. The van der Waals surface area contributed by atoms with E-state index in [0.717, 1.165) is 38.4 Å². The topological polar surface area (TPSA) is 85.8 Å². The van der Waals surface area contributed by atoms with Crippen LogP contribution in [-0.2, 0) is 10.0 Å². The molecule has 3 N–H and O–H groups in total. The first-order chi connectivity index (χ1) is 10.8. The Balaban J connectivity index is 0. The van der Waals surface area contributed by atoms with E-state index in [-0.39, 0.29) is 24.0 Å². The van der Waals surface area contributed by atoms with Crippen LogP contribution in [0.2, 0.25) is 0 Å². The largest absolute Gasteiger partial charge is 0.356 e. The Morgan fingerprint density at radius 3 is 2.29 bits per heavy atom. The molecule has 0 heterocycles. The predicted octanol–water partition coefficient (Wildman–Crippen LogP) is 1.22. The molecule has 0 saturated heterocycles. The summed E-state index contributed by atoms with van der Waals surface area (Å²) in [6.07, 6.45) is 4.13. The molecule has 1 atom stereocenters. The first-order valence-corrected chi connectivity index (χ1v) is 10.4. The number of rotatable bonds is 12. The van der Waals surface area contributed by atoms with Crippen LogP contribution < -0.4 is 15.4 Å². The second kappa shape index (κ2) is 15.2. The van der Waals surface area contributed by atoms with E-state index in [2.05, 4.69) is 46.0 Å². The summed E-state index contributed by atoms with van der Waals surface area (Å²) in [4.78, 5) is 6.62. The zero-order valence-corrected chi connectivity index (χ0v) is 18.9. The molecule has 146 valence electrons. The highest BCUT2D eigenvalue weighted by molar-refractivity contribution is 14.0. The molecule has 0 aromatic rings. The summed E-state index contributed by atoms with van der Waals surface area (Å²) >= 11 is 0. The van der Waals surface area contributed by atoms with Crippen LogP contribution in [0.3, 0.4) is 0 Å². The van der Waals surface area contributed by atoms with Crippen molar-refractivity contribution in [1.29, 1.82) is 0 Å². The molecule has 7 nitrogen and oxygen atoms in total. The highest BCUT2D eigenvalue weighted by Gasteiger charge is 2.06. The Bertz CT molecular complexity index is 428. The summed E-state index contributed by atoms with van der Waals surface area (Å²) in [6, 6.07) is 0.353. The molecule has 0 aromatic carbocycles. The molecule has 0 aliphatic carbocycles. The van der Waals surface area contributed by atoms with Crippen molar-refractivity contribution in [1.82, 2.24) is 20.3 Å². The summed E-state index contributed by atoms with van der Waals surface area (Å²) in [5.41, 5.74) is 0. The molecule has 0 amide bonds. The van der Waals surface area contributed by atoms with Gasteiger partial charge in [-0.2, -0.15) is 0 Å². The summed E-state index contributed by atoms with van der Waals surface area (Å²) in [5.74, 6) is 0.764. The van der Waals surface area contributed by atoms with Crippen LogP contribution in [0.15, 0.2) is 4.99 Å². The lowest BCUT2D eigenvalue weighted by Crippen LogP contribution is -2.43. The van der Waals surface area contributed by atoms with Gasteiger partial charge < -0.3 is 15.5 Å². The van der Waals surface area contributed by atoms with Crippen LogP contribution >= 0.6 is 24.0 Å². The molecule has 24 heavy (non-hydrogen) atoms. The SMILES string of the molecule is CCN(CC)CCCC(C)NC(=NC)NCCCNS(C)(=O)=O.I. The minimum absolute atomic E-state index is 0. The van der Waals surface area contributed by atoms with Crippen LogP contribution in [-0.4, -0.2) is 71.3 Å². The highest BCUT2D eigenvalue weighted by atomic mass is 127. The van der Waals surface area contributed by atoms with Crippen molar-refractivity contribution in [2.45, 2.75) is 46.1 Å². The fraction of sp³-hybridized carbons (Fsp3) is 0.933. The Morgan fingerprint density at radius 2 is 1.79 bits per heavy atom. The van der Waals surface area contributed by atoms with Crippen molar-refractivity contribution in [3.05, 3.63) is 0 Å². The maximum Gasteiger partial charge on any atom is 0.208 e. The van der Waals surface area contributed by atoms with E-state index < -0.39 is 10.0 Å². The Kier molecular flexibility index (Phi) is 16.5. The minimum atomic E-state index is -3.10. The lowest BCUT2D eigenvalue weighted by molar-refractivity contribution is 0.292. The van der Waals surface area contributed by atoms with Crippen LogP contribution in [0.1, 0.15) is 40.0 Å². The maximum absolute atomic E-state index is 11.0. The van der Waals surface area contributed by atoms with Crippen molar-refractivity contribution in [3.8, 4) is 0 Å². The van der Waals surface area contributed by atoms with Crippen molar-refractivity contribution < 1.29 is 8.42 Å². The summed E-state index contributed by atoms with van der Waals surface area (Å²) in [6.45, 7) is 11.0. The first-order valence-electron chi connectivity index (χ1n) is 8.46. The molecular weight excluding hydrogens is 441 g/mol. The fourth-order valence-corrected chi connectivity index (χ4v) is 2.73. The van der Waals surface area contributed by atoms with Gasteiger partial charge >= 0.3 is 0 Å². The van der Waals surface area contributed by atoms with Crippen molar-refractivity contribution >= 4 is 40.0 Å². The van der Waals surface area contributed by atoms with E-state index in [9.17, 15) is 8.42 Å². The summed E-state index contributed by atoms with van der Waals surface area (Å²) < 4.78 is 24.4. The van der Waals surface area contributed by atoms with Gasteiger partial charge in [-0.15, -0.1) is 24.0 Å². The number of hydrogen-bond acceptors (Lipinski definition) is 4. The van der Waals surface area contributed by atoms with Crippen LogP contribution in [0.5, 0.6) is 0 Å². The van der Waals surface area contributed by atoms with Gasteiger partial charge in [0.15, 0.2) is 5.96 Å². The second-order valence-electron chi connectivity index (χ2n) is 5.73. The molecule has 0 fully saturated rings. The molecule has 0 spiro atoms. The molecule has 0 radical (unpaired) electrons. The average Bonchev–Trinajstić information content (AvgIpc) is 2.49. The Labute approximate surface area is 165 Å². The zero-order chi connectivity index (χ0) is 17.7. The van der Waals surface area contributed by atoms with E-state index >= 15 is 0 Å². The van der Waals surface area contributed by atoms with E-state index in [0.29, 0.717) is 25.6 Å². The van der Waals surface area contributed by atoms with Crippen LogP contribution in [0.25, 0.3) is 0 Å². The van der Waals surface area contributed by atoms with Gasteiger partial charge in [-0.1, -0.05) is 13.8 Å². The van der Waals surface area contributed by atoms with Crippen LogP contribution in [0, 0.1) is 0 Å². The molecule has 9 heteroatoms. The molecule has 0 aliphatic rings. The molecule has 0 aromatic heterocycles. The lowest BCUT2D eigenvalue weighted by atomic mass is 10.2. The van der Waals surface area contributed by atoms with Crippen molar-refractivity contribution in [2.24, 2.45) is 4.99 Å². The van der Waals surface area contributed by atoms with Gasteiger partial charge in [0, 0.05) is 26.2 Å². The first kappa shape index (κ1) is 26.1. The predicted molar refractivity (Wildman–Crippen MR) is 114 cm³/mol. The van der Waals surface area contributed by atoms with Crippen LogP contribution in [0.4, 0.5) is 0 Å². The summed E-state index contributed by atoms with van der Waals surface area (Å²) in [5, 5.41) is 6.57. The quantitative estimate of drug-likeness (QED) is 0.170. The Hall–Kier alpha value is -0.130. The monoisotopic (exact) mass is 477 g/mol. The number of nitrogens with zero attached hydrogens (tertiary/aromatic N) is 2. The normalized spacial score (nSPS) is 13.5. The van der Waals surface area contributed by atoms with Gasteiger partial charge in [0.25, 0.3) is 0 Å². The van der Waals surface area contributed by atoms with E-state index in [1.54, 1.807) is 7.05 Å². The number of sulfonamides is 1. The van der Waals surface area contributed by atoms with Gasteiger partial charge in [-0.3, -0.25) is 4.99 Å². The number of guanidine groups is 1.